The Hall–Kier alpha value is -1.56. The Labute approximate surface area is 113 Å². The van der Waals surface area contributed by atoms with Gasteiger partial charge in [-0.15, -0.1) is 0 Å². The van der Waals surface area contributed by atoms with Crippen molar-refractivity contribution in [3.8, 4) is 5.75 Å². The van der Waals surface area contributed by atoms with Gasteiger partial charge < -0.3 is 20.1 Å². The third kappa shape index (κ3) is 3.07. The number of nitrogens with zero attached hydrogens (tertiary/aromatic N) is 3. The SMILES string of the molecule is CCNc1ncnc(N2CCCC(CO)C2)c1OC. The van der Waals surface area contributed by atoms with Gasteiger partial charge in [-0.25, -0.2) is 9.97 Å². The Kier molecular flexibility index (Phi) is 4.79. The van der Waals surface area contributed by atoms with Crippen LogP contribution in [0.1, 0.15) is 19.8 Å². The second-order valence-corrected chi connectivity index (χ2v) is 4.75. The average Bonchev–Trinajstić information content (AvgIpc) is 2.47. The van der Waals surface area contributed by atoms with E-state index in [1.807, 2.05) is 6.92 Å². The van der Waals surface area contributed by atoms with Gasteiger partial charge in [-0.2, -0.15) is 0 Å². The van der Waals surface area contributed by atoms with E-state index in [-0.39, 0.29) is 6.61 Å². The van der Waals surface area contributed by atoms with Crippen LogP contribution in [0.5, 0.6) is 5.75 Å². The number of aromatic nitrogens is 2. The summed E-state index contributed by atoms with van der Waals surface area (Å²) >= 11 is 0. The lowest BCUT2D eigenvalue weighted by Crippen LogP contribution is -2.37. The first-order valence-electron chi connectivity index (χ1n) is 6.78. The maximum absolute atomic E-state index is 9.32. The van der Waals surface area contributed by atoms with Crippen molar-refractivity contribution in [2.24, 2.45) is 5.92 Å². The summed E-state index contributed by atoms with van der Waals surface area (Å²) in [6, 6.07) is 0. The van der Waals surface area contributed by atoms with Gasteiger partial charge in [0, 0.05) is 26.2 Å². The summed E-state index contributed by atoms with van der Waals surface area (Å²) in [6.07, 6.45) is 3.69. The summed E-state index contributed by atoms with van der Waals surface area (Å²) in [5, 5.41) is 12.5. The zero-order chi connectivity index (χ0) is 13.7. The van der Waals surface area contributed by atoms with Gasteiger partial charge in [-0.1, -0.05) is 0 Å². The third-order valence-electron chi connectivity index (χ3n) is 3.41. The molecule has 1 saturated heterocycles. The van der Waals surface area contributed by atoms with Crippen LogP contribution >= 0.6 is 0 Å². The van der Waals surface area contributed by atoms with E-state index in [1.54, 1.807) is 13.4 Å². The van der Waals surface area contributed by atoms with Crippen LogP contribution in [0.4, 0.5) is 11.6 Å². The molecule has 2 heterocycles. The number of hydrogen-bond acceptors (Lipinski definition) is 6. The maximum atomic E-state index is 9.32. The highest BCUT2D eigenvalue weighted by Gasteiger charge is 2.24. The molecule has 0 radical (unpaired) electrons. The van der Waals surface area contributed by atoms with Crippen molar-refractivity contribution >= 4 is 11.6 Å². The van der Waals surface area contributed by atoms with Crippen LogP contribution in [0.2, 0.25) is 0 Å². The number of rotatable bonds is 5. The van der Waals surface area contributed by atoms with E-state index in [0.717, 1.165) is 44.1 Å². The van der Waals surface area contributed by atoms with Crippen LogP contribution < -0.4 is 15.0 Å². The van der Waals surface area contributed by atoms with E-state index >= 15 is 0 Å². The molecule has 1 aromatic heterocycles. The number of hydrogen-bond donors (Lipinski definition) is 2. The fraction of sp³-hybridized carbons (Fsp3) is 0.692. The fourth-order valence-corrected chi connectivity index (χ4v) is 2.48. The zero-order valence-electron chi connectivity index (χ0n) is 11.6. The molecular formula is C13H22N4O2. The normalized spacial score (nSPS) is 19.3. The summed E-state index contributed by atoms with van der Waals surface area (Å²) in [4.78, 5) is 10.7. The van der Waals surface area contributed by atoms with Crippen LogP contribution in [0.25, 0.3) is 0 Å². The second kappa shape index (κ2) is 6.56. The number of methoxy groups -OCH3 is 1. The van der Waals surface area contributed by atoms with Crippen LogP contribution in [-0.2, 0) is 0 Å². The molecule has 1 aliphatic rings. The highest BCUT2D eigenvalue weighted by atomic mass is 16.5. The minimum Gasteiger partial charge on any atom is -0.490 e. The minimum absolute atomic E-state index is 0.226. The zero-order valence-corrected chi connectivity index (χ0v) is 11.6. The van der Waals surface area contributed by atoms with Gasteiger partial charge in [0.1, 0.15) is 6.33 Å². The van der Waals surface area contributed by atoms with E-state index < -0.39 is 0 Å². The standard InChI is InChI=1S/C13H22N4O2/c1-3-14-12-11(19-2)13(16-9-15-12)17-6-4-5-10(7-17)8-18/h9-10,18H,3-8H2,1-2H3,(H,14,15,16). The predicted octanol–water partition coefficient (Wildman–Crippen LogP) is 1.13. The molecule has 0 amide bonds. The minimum atomic E-state index is 0.226. The molecule has 6 heteroatoms. The van der Waals surface area contributed by atoms with Crippen LogP contribution in [0.3, 0.4) is 0 Å². The number of anilines is 2. The first-order valence-corrected chi connectivity index (χ1v) is 6.78. The molecule has 19 heavy (non-hydrogen) atoms. The largest absolute Gasteiger partial charge is 0.490 e. The molecule has 0 aromatic carbocycles. The molecule has 2 N–H and O–H groups in total. The molecule has 2 rings (SSSR count). The highest BCUT2D eigenvalue weighted by Crippen LogP contribution is 2.33. The van der Waals surface area contributed by atoms with E-state index in [4.69, 9.17) is 4.74 Å². The summed E-state index contributed by atoms with van der Waals surface area (Å²) in [7, 11) is 1.64. The van der Waals surface area contributed by atoms with Crippen molar-refractivity contribution < 1.29 is 9.84 Å². The van der Waals surface area contributed by atoms with Gasteiger partial charge in [0.05, 0.1) is 7.11 Å². The molecule has 1 fully saturated rings. The predicted molar refractivity (Wildman–Crippen MR) is 74.8 cm³/mol. The van der Waals surface area contributed by atoms with Gasteiger partial charge in [0.2, 0.25) is 5.75 Å². The van der Waals surface area contributed by atoms with Crippen LogP contribution in [0.15, 0.2) is 6.33 Å². The van der Waals surface area contributed by atoms with Crippen molar-refractivity contribution in [1.29, 1.82) is 0 Å². The van der Waals surface area contributed by atoms with E-state index in [0.29, 0.717) is 11.7 Å². The Balaban J connectivity index is 2.25. The summed E-state index contributed by atoms with van der Waals surface area (Å²) in [5.74, 6) is 2.53. The number of ether oxygens (including phenoxy) is 1. The van der Waals surface area contributed by atoms with Gasteiger partial charge >= 0.3 is 0 Å². The molecule has 106 valence electrons. The van der Waals surface area contributed by atoms with E-state index in [9.17, 15) is 5.11 Å². The number of piperidine rings is 1. The molecule has 1 unspecified atom stereocenters. The highest BCUT2D eigenvalue weighted by molar-refractivity contribution is 5.64. The summed E-state index contributed by atoms with van der Waals surface area (Å²) in [5.41, 5.74) is 0. The molecule has 0 spiro atoms. The summed E-state index contributed by atoms with van der Waals surface area (Å²) < 4.78 is 5.46. The van der Waals surface area contributed by atoms with Gasteiger partial charge in [0.25, 0.3) is 0 Å². The fourth-order valence-electron chi connectivity index (χ4n) is 2.48. The Morgan fingerprint density at radius 1 is 1.53 bits per heavy atom. The summed E-state index contributed by atoms with van der Waals surface area (Å²) in [6.45, 7) is 4.78. The smallest absolute Gasteiger partial charge is 0.204 e. The Bertz CT molecular complexity index is 414. The van der Waals surface area contributed by atoms with Gasteiger partial charge in [-0.05, 0) is 25.7 Å². The number of aliphatic hydroxyl groups excluding tert-OH is 1. The molecule has 0 bridgehead atoms. The molecular weight excluding hydrogens is 244 g/mol. The molecule has 0 aliphatic carbocycles. The average molecular weight is 266 g/mol. The van der Waals surface area contributed by atoms with Gasteiger partial charge in [0.15, 0.2) is 11.6 Å². The lowest BCUT2D eigenvalue weighted by Gasteiger charge is -2.33. The molecule has 1 aliphatic heterocycles. The first-order chi connectivity index (χ1) is 9.30. The van der Waals surface area contributed by atoms with E-state index in [2.05, 4.69) is 20.2 Å². The van der Waals surface area contributed by atoms with E-state index in [1.165, 1.54) is 0 Å². The maximum Gasteiger partial charge on any atom is 0.204 e. The van der Waals surface area contributed by atoms with Crippen molar-refractivity contribution in [1.82, 2.24) is 9.97 Å². The molecule has 1 aromatic rings. The number of aliphatic hydroxyl groups is 1. The monoisotopic (exact) mass is 266 g/mol. The molecule has 6 nitrogen and oxygen atoms in total. The van der Waals surface area contributed by atoms with Crippen molar-refractivity contribution in [3.05, 3.63) is 6.33 Å². The quantitative estimate of drug-likeness (QED) is 0.832. The van der Waals surface area contributed by atoms with Crippen molar-refractivity contribution in [2.75, 3.05) is 43.6 Å². The Morgan fingerprint density at radius 2 is 2.37 bits per heavy atom. The topological polar surface area (TPSA) is 70.5 Å². The van der Waals surface area contributed by atoms with Crippen LogP contribution in [0, 0.1) is 5.92 Å². The van der Waals surface area contributed by atoms with Crippen molar-refractivity contribution in [2.45, 2.75) is 19.8 Å². The van der Waals surface area contributed by atoms with Crippen LogP contribution in [-0.4, -0.2) is 48.4 Å². The Morgan fingerprint density at radius 3 is 3.05 bits per heavy atom. The molecule has 0 saturated carbocycles. The lowest BCUT2D eigenvalue weighted by molar-refractivity contribution is 0.208. The third-order valence-corrected chi connectivity index (χ3v) is 3.41. The second-order valence-electron chi connectivity index (χ2n) is 4.75. The van der Waals surface area contributed by atoms with Crippen molar-refractivity contribution in [3.63, 3.8) is 0 Å². The first kappa shape index (κ1) is 13.9. The lowest BCUT2D eigenvalue weighted by atomic mass is 9.99. The van der Waals surface area contributed by atoms with Gasteiger partial charge in [-0.3, -0.25) is 0 Å². The molecule has 1 atom stereocenters. The number of nitrogens with one attached hydrogen (secondary N) is 1.